The molecule has 3 saturated carbocycles. The van der Waals surface area contributed by atoms with Gasteiger partial charge in [0.05, 0.1) is 11.8 Å². The van der Waals surface area contributed by atoms with Crippen molar-refractivity contribution >= 4 is 22.1 Å². The zero-order valence-corrected chi connectivity index (χ0v) is 19.1. The third kappa shape index (κ3) is 4.89. The molecule has 0 aromatic carbocycles. The Hall–Kier alpha value is -1.57. The number of fused-ring (bicyclic) bond motifs is 2. The van der Waals surface area contributed by atoms with Crippen LogP contribution in [0.1, 0.15) is 58.3 Å². The first-order chi connectivity index (χ1) is 15.5. The van der Waals surface area contributed by atoms with Crippen molar-refractivity contribution < 1.29 is 58.4 Å². The van der Waals surface area contributed by atoms with Gasteiger partial charge >= 0.3 is 29.9 Å². The quantitative estimate of drug-likeness (QED) is 0.302. The Bertz CT molecular complexity index is 893. The van der Waals surface area contributed by atoms with Crippen LogP contribution in [-0.2, 0) is 29.2 Å². The van der Waals surface area contributed by atoms with Gasteiger partial charge in [-0.05, 0) is 63.2 Å². The van der Waals surface area contributed by atoms with Crippen molar-refractivity contribution in [2.75, 3.05) is 5.75 Å². The van der Waals surface area contributed by atoms with E-state index in [2.05, 4.69) is 4.74 Å². The number of halogens is 6. The van der Waals surface area contributed by atoms with Crippen LogP contribution < -0.4 is 0 Å². The molecule has 196 valence electrons. The molecule has 0 radical (unpaired) electrons. The molecule has 0 spiro atoms. The van der Waals surface area contributed by atoms with Gasteiger partial charge in [0.1, 0.15) is 11.4 Å². The first-order valence-electron chi connectivity index (χ1n) is 11.0. The maximum absolute atomic E-state index is 13.6. The summed E-state index contributed by atoms with van der Waals surface area (Å²) in [5.74, 6) is -9.92. The number of rotatable bonds is 7. The fourth-order valence-electron chi connectivity index (χ4n) is 5.76. The molecule has 3 aliphatic rings. The first-order valence-corrected chi connectivity index (χ1v) is 12.6. The lowest BCUT2D eigenvalue weighted by molar-refractivity contribution is -0.362. The fourth-order valence-corrected chi connectivity index (χ4v) is 6.66. The molecule has 3 rings (SSSR count). The minimum atomic E-state index is -6.42. The van der Waals surface area contributed by atoms with Gasteiger partial charge in [-0.1, -0.05) is 6.92 Å². The second-order valence-electron chi connectivity index (χ2n) is 9.52. The summed E-state index contributed by atoms with van der Waals surface area (Å²) < 4.78 is 122. The van der Waals surface area contributed by atoms with Gasteiger partial charge in [-0.25, -0.2) is 0 Å². The summed E-state index contributed by atoms with van der Waals surface area (Å²) in [5.41, 5.74) is -6.28. The van der Waals surface area contributed by atoms with E-state index in [1.165, 1.54) is 0 Å². The lowest BCUT2D eigenvalue weighted by Crippen LogP contribution is -2.64. The van der Waals surface area contributed by atoms with Crippen molar-refractivity contribution in [2.24, 2.45) is 23.7 Å². The lowest BCUT2D eigenvalue weighted by atomic mass is 9.79. The molecule has 0 aliphatic heterocycles. The van der Waals surface area contributed by atoms with E-state index in [1.807, 2.05) is 0 Å². The van der Waals surface area contributed by atoms with E-state index in [9.17, 15) is 44.3 Å². The van der Waals surface area contributed by atoms with Crippen molar-refractivity contribution in [3.05, 3.63) is 0 Å². The van der Waals surface area contributed by atoms with Crippen LogP contribution in [0.15, 0.2) is 0 Å². The highest BCUT2D eigenvalue weighted by Gasteiger charge is 2.76. The Labute approximate surface area is 192 Å². The summed E-state index contributed by atoms with van der Waals surface area (Å²) >= 11 is 0. The van der Waals surface area contributed by atoms with E-state index in [1.54, 1.807) is 6.92 Å². The molecule has 1 N–H and O–H groups in total. The van der Waals surface area contributed by atoms with Crippen molar-refractivity contribution in [2.45, 2.75) is 81.8 Å². The van der Waals surface area contributed by atoms with E-state index in [0.29, 0.717) is 25.7 Å². The van der Waals surface area contributed by atoms with Crippen LogP contribution in [-0.4, -0.2) is 54.2 Å². The highest BCUT2D eigenvalue weighted by Crippen LogP contribution is 2.55. The Balaban J connectivity index is 1.93. The number of carbonyl (C=O) groups excluding carboxylic acids is 2. The highest BCUT2D eigenvalue weighted by atomic mass is 32.2. The Morgan fingerprint density at radius 2 is 1.41 bits per heavy atom. The molecule has 0 heterocycles. The Morgan fingerprint density at radius 3 is 1.82 bits per heavy atom. The molecule has 14 heteroatoms. The van der Waals surface area contributed by atoms with Crippen LogP contribution in [0.5, 0.6) is 0 Å². The van der Waals surface area contributed by atoms with Gasteiger partial charge in [0.15, 0.2) is 0 Å². The summed E-state index contributed by atoms with van der Waals surface area (Å²) in [7, 11) is -5.89. The maximum atomic E-state index is 13.6. The zero-order valence-electron chi connectivity index (χ0n) is 18.2. The monoisotopic (exact) mass is 524 g/mol. The topological polar surface area (TPSA) is 107 Å². The smallest absolute Gasteiger partial charge is 0.438 e. The predicted octanol–water partition coefficient (Wildman–Crippen LogP) is 4.21. The first kappa shape index (κ1) is 27.0. The van der Waals surface area contributed by atoms with E-state index >= 15 is 0 Å². The zero-order chi connectivity index (χ0) is 25.7. The third-order valence-electron chi connectivity index (χ3n) is 7.51. The van der Waals surface area contributed by atoms with Crippen molar-refractivity contribution in [3.63, 3.8) is 0 Å². The van der Waals surface area contributed by atoms with Crippen molar-refractivity contribution in [1.82, 2.24) is 0 Å². The van der Waals surface area contributed by atoms with Gasteiger partial charge in [-0.2, -0.15) is 34.8 Å². The fraction of sp³-hybridized carbons (Fsp3) is 0.900. The van der Waals surface area contributed by atoms with Gasteiger partial charge < -0.3 is 9.47 Å². The minimum absolute atomic E-state index is 0.224. The molecule has 3 fully saturated rings. The van der Waals surface area contributed by atoms with Gasteiger partial charge in [0, 0.05) is 0 Å². The second-order valence-corrected chi connectivity index (χ2v) is 11.0. The maximum Gasteiger partial charge on any atom is 0.438 e. The van der Waals surface area contributed by atoms with E-state index < -0.39 is 75.0 Å². The number of esters is 2. The number of ether oxygens (including phenoxy) is 2. The highest BCUT2D eigenvalue weighted by molar-refractivity contribution is 7.85. The molecule has 34 heavy (non-hydrogen) atoms. The standard InChI is InChI=1S/C20H26F6O7S/c1-2-17(7-3-4-8-17)32-15(27)13-11-5-6-12(9-11)14(13)16(28)33-18(19(21,22)23,20(24,25)26)10-34(29,30)31/h11-14H,2-10H2,1H3,(H,29,30,31). The Morgan fingerprint density at radius 1 is 0.941 bits per heavy atom. The van der Waals surface area contributed by atoms with Crippen molar-refractivity contribution in [3.8, 4) is 0 Å². The molecule has 4 unspecified atom stereocenters. The molecular formula is C20H26F6O7S. The van der Waals surface area contributed by atoms with Crippen LogP contribution in [0.2, 0.25) is 0 Å². The van der Waals surface area contributed by atoms with Gasteiger partial charge in [0.25, 0.3) is 10.1 Å². The van der Waals surface area contributed by atoms with Crippen LogP contribution in [0.25, 0.3) is 0 Å². The summed E-state index contributed by atoms with van der Waals surface area (Å²) in [6.07, 6.45) is -8.71. The molecule has 7 nitrogen and oxygen atoms in total. The third-order valence-corrected chi connectivity index (χ3v) is 8.28. The second kappa shape index (κ2) is 8.82. The number of alkyl halides is 6. The van der Waals surface area contributed by atoms with Crippen LogP contribution in [0.4, 0.5) is 26.3 Å². The molecule has 0 amide bonds. The number of carbonyl (C=O) groups is 2. The summed E-state index contributed by atoms with van der Waals surface area (Å²) in [5, 5.41) is 0. The number of hydrogen-bond acceptors (Lipinski definition) is 6. The average Bonchev–Trinajstić information content (AvgIpc) is 3.40. The van der Waals surface area contributed by atoms with E-state index in [0.717, 1.165) is 12.8 Å². The molecular weight excluding hydrogens is 498 g/mol. The SMILES string of the molecule is CCC1(OC(=O)C2C3CCC(C3)C2C(=O)OC(CS(=O)(=O)O)(C(F)(F)F)C(F)(F)F)CCCC1. The molecule has 0 aromatic heterocycles. The molecule has 0 aromatic rings. The largest absolute Gasteiger partial charge is 0.459 e. The lowest BCUT2D eigenvalue weighted by Gasteiger charge is -2.38. The minimum Gasteiger partial charge on any atom is -0.459 e. The normalized spacial score (nSPS) is 29.3. The summed E-state index contributed by atoms with van der Waals surface area (Å²) in [6, 6.07) is 0. The van der Waals surface area contributed by atoms with Crippen molar-refractivity contribution in [1.29, 1.82) is 0 Å². The molecule has 2 bridgehead atoms. The van der Waals surface area contributed by atoms with Gasteiger partial charge in [-0.15, -0.1) is 0 Å². The summed E-state index contributed by atoms with van der Waals surface area (Å²) in [6.45, 7) is 1.79. The van der Waals surface area contributed by atoms with Crippen LogP contribution in [0, 0.1) is 23.7 Å². The molecule has 0 saturated heterocycles. The van der Waals surface area contributed by atoms with Crippen LogP contribution in [0.3, 0.4) is 0 Å². The summed E-state index contributed by atoms with van der Waals surface area (Å²) in [4.78, 5) is 25.9. The van der Waals surface area contributed by atoms with E-state index in [-0.39, 0.29) is 12.8 Å². The predicted molar refractivity (Wildman–Crippen MR) is 103 cm³/mol. The van der Waals surface area contributed by atoms with E-state index in [4.69, 9.17) is 9.29 Å². The van der Waals surface area contributed by atoms with Gasteiger partial charge in [0.2, 0.25) is 0 Å². The van der Waals surface area contributed by atoms with Crippen LogP contribution >= 0.6 is 0 Å². The molecule has 3 aliphatic carbocycles. The average molecular weight is 524 g/mol. The van der Waals surface area contributed by atoms with Gasteiger partial charge in [-0.3, -0.25) is 14.1 Å². The number of hydrogen-bond donors (Lipinski definition) is 1. The Kier molecular flexibility index (Phi) is 7.01. The molecule has 4 atom stereocenters.